The molecule has 0 bridgehead atoms. The van der Waals surface area contributed by atoms with Gasteiger partial charge in [0, 0.05) is 40.8 Å². The highest BCUT2D eigenvalue weighted by Gasteiger charge is 2.48. The third-order valence-electron chi connectivity index (χ3n) is 7.23. The average molecular weight is 456 g/mol. The van der Waals surface area contributed by atoms with E-state index in [1.54, 1.807) is 17.1 Å². The lowest BCUT2D eigenvalue weighted by Crippen LogP contribution is -2.38. The molecule has 3 aliphatic rings. The number of fused-ring (bicyclic) bond motifs is 2. The summed E-state index contributed by atoms with van der Waals surface area (Å²) in [7, 11) is 0. The van der Waals surface area contributed by atoms with E-state index < -0.39 is 0 Å². The Kier molecular flexibility index (Phi) is 4.72. The summed E-state index contributed by atoms with van der Waals surface area (Å²) >= 11 is 12.8. The molecule has 3 heterocycles. The molecule has 160 valence electrons. The van der Waals surface area contributed by atoms with Gasteiger partial charge in [0.2, 0.25) is 0 Å². The van der Waals surface area contributed by atoms with Gasteiger partial charge >= 0.3 is 0 Å². The Bertz CT molecular complexity index is 1140. The molecular weight excluding hydrogens is 433 g/mol. The Labute approximate surface area is 190 Å². The number of halogens is 2. The highest BCUT2D eigenvalue weighted by atomic mass is 35.5. The molecule has 1 aliphatic carbocycles. The van der Waals surface area contributed by atoms with Crippen molar-refractivity contribution in [2.45, 2.75) is 24.9 Å². The molecule has 3 aromatic rings. The summed E-state index contributed by atoms with van der Waals surface area (Å²) in [5.41, 5.74) is 4.33. The minimum atomic E-state index is 0.136. The third-order valence-corrected chi connectivity index (χ3v) is 7.79. The van der Waals surface area contributed by atoms with Crippen molar-refractivity contribution in [3.05, 3.63) is 69.7 Å². The summed E-state index contributed by atoms with van der Waals surface area (Å²) in [6.07, 6.45) is 5.05. The number of aromatic nitrogens is 3. The van der Waals surface area contributed by atoms with Crippen LogP contribution in [0.4, 0.5) is 0 Å². The second-order valence-electron chi connectivity index (χ2n) is 8.89. The summed E-state index contributed by atoms with van der Waals surface area (Å²) in [6.45, 7) is 3.00. The molecule has 2 saturated heterocycles. The van der Waals surface area contributed by atoms with Crippen LogP contribution in [0.15, 0.2) is 43.0 Å². The van der Waals surface area contributed by atoms with E-state index in [2.05, 4.69) is 32.4 Å². The normalized spacial score (nSPS) is 27.5. The van der Waals surface area contributed by atoms with Crippen LogP contribution in [0.5, 0.6) is 5.75 Å². The molecule has 4 atom stereocenters. The van der Waals surface area contributed by atoms with E-state index in [9.17, 15) is 5.11 Å². The van der Waals surface area contributed by atoms with Gasteiger partial charge in [0.15, 0.2) is 0 Å². The quantitative estimate of drug-likeness (QED) is 0.630. The Balaban J connectivity index is 1.39. The van der Waals surface area contributed by atoms with Crippen LogP contribution in [-0.2, 0) is 12.8 Å². The Morgan fingerprint density at radius 2 is 2.00 bits per heavy atom. The van der Waals surface area contributed by atoms with Gasteiger partial charge in [-0.05, 0) is 72.7 Å². The molecule has 4 unspecified atom stereocenters. The molecule has 6 nitrogen and oxygen atoms in total. The van der Waals surface area contributed by atoms with Crippen LogP contribution in [0.3, 0.4) is 0 Å². The number of rotatable bonds is 3. The molecule has 2 N–H and O–H groups in total. The van der Waals surface area contributed by atoms with Gasteiger partial charge in [-0.3, -0.25) is 4.90 Å². The van der Waals surface area contributed by atoms with E-state index >= 15 is 0 Å². The molecule has 2 fully saturated rings. The molecule has 2 aromatic carbocycles. The standard InChI is InChI=1S/C23H23Cl2N5O/c24-15-3-13-4-17(7-18(13)21(25)5-15)29-10-14-8-26-9-20(14)23(29)19-6-16(1-2-22(19)31)30-12-27-11-28-30/h1-3,5-6,11-12,14,17,20,23,26,31H,4,7-10H2. The van der Waals surface area contributed by atoms with Gasteiger partial charge in [0.05, 0.1) is 5.69 Å². The van der Waals surface area contributed by atoms with Crippen LogP contribution in [0.2, 0.25) is 10.0 Å². The van der Waals surface area contributed by atoms with Crippen molar-refractivity contribution >= 4 is 23.2 Å². The molecule has 8 heteroatoms. The first kappa shape index (κ1) is 19.6. The smallest absolute Gasteiger partial charge is 0.138 e. The highest BCUT2D eigenvalue weighted by Crippen LogP contribution is 2.48. The maximum atomic E-state index is 10.9. The zero-order valence-electron chi connectivity index (χ0n) is 16.9. The van der Waals surface area contributed by atoms with E-state index in [1.165, 1.54) is 17.5 Å². The topological polar surface area (TPSA) is 66.2 Å². The van der Waals surface area contributed by atoms with Crippen molar-refractivity contribution in [2.75, 3.05) is 19.6 Å². The Hall–Kier alpha value is -2.12. The van der Waals surface area contributed by atoms with Crippen molar-refractivity contribution in [3.63, 3.8) is 0 Å². The van der Waals surface area contributed by atoms with Crippen LogP contribution in [-0.4, -0.2) is 50.4 Å². The van der Waals surface area contributed by atoms with Crippen LogP contribution >= 0.6 is 23.2 Å². The molecule has 31 heavy (non-hydrogen) atoms. The second-order valence-corrected chi connectivity index (χ2v) is 9.74. The maximum Gasteiger partial charge on any atom is 0.138 e. The number of phenols is 1. The summed E-state index contributed by atoms with van der Waals surface area (Å²) in [4.78, 5) is 6.66. The van der Waals surface area contributed by atoms with Crippen LogP contribution in [0.25, 0.3) is 5.69 Å². The first-order chi connectivity index (χ1) is 15.1. The van der Waals surface area contributed by atoms with E-state index in [0.717, 1.165) is 48.7 Å². The number of hydrogen-bond acceptors (Lipinski definition) is 5. The monoisotopic (exact) mass is 455 g/mol. The number of likely N-dealkylation sites (tertiary alicyclic amines) is 1. The molecular formula is C23H23Cl2N5O. The Morgan fingerprint density at radius 3 is 2.84 bits per heavy atom. The fraction of sp³-hybridized carbons (Fsp3) is 0.391. The van der Waals surface area contributed by atoms with Gasteiger partial charge in [-0.2, -0.15) is 5.10 Å². The number of nitrogens with one attached hydrogen (secondary N) is 1. The van der Waals surface area contributed by atoms with E-state index in [1.807, 2.05) is 12.1 Å². The minimum Gasteiger partial charge on any atom is -0.508 e. The number of aromatic hydroxyl groups is 1. The summed E-state index contributed by atoms with van der Waals surface area (Å²) in [5.74, 6) is 1.37. The summed E-state index contributed by atoms with van der Waals surface area (Å²) < 4.78 is 1.74. The van der Waals surface area contributed by atoms with Crippen LogP contribution < -0.4 is 5.32 Å². The van der Waals surface area contributed by atoms with Crippen molar-refractivity contribution in [2.24, 2.45) is 11.8 Å². The van der Waals surface area contributed by atoms with Gasteiger partial charge in [0.1, 0.15) is 18.4 Å². The lowest BCUT2D eigenvalue weighted by molar-refractivity contribution is 0.161. The summed E-state index contributed by atoms with van der Waals surface area (Å²) in [6, 6.07) is 10.1. The van der Waals surface area contributed by atoms with Crippen LogP contribution in [0, 0.1) is 11.8 Å². The molecule has 6 rings (SSSR count). The fourth-order valence-corrected chi connectivity index (χ4v) is 6.48. The average Bonchev–Trinajstić information content (AvgIpc) is 3.51. The van der Waals surface area contributed by atoms with Crippen molar-refractivity contribution in [3.8, 4) is 11.4 Å². The largest absolute Gasteiger partial charge is 0.508 e. The SMILES string of the molecule is Oc1ccc(-n2cncn2)cc1C1C2CNCC2CN1C1Cc2cc(Cl)cc(Cl)c2C1. The van der Waals surface area contributed by atoms with E-state index in [0.29, 0.717) is 28.6 Å². The number of nitrogens with zero attached hydrogens (tertiary/aromatic N) is 4. The zero-order chi connectivity index (χ0) is 21.1. The van der Waals surface area contributed by atoms with Crippen molar-refractivity contribution < 1.29 is 5.11 Å². The minimum absolute atomic E-state index is 0.136. The molecule has 1 aromatic heterocycles. The molecule has 0 amide bonds. The second kappa shape index (κ2) is 7.48. The van der Waals surface area contributed by atoms with Gasteiger partial charge in [0.25, 0.3) is 0 Å². The first-order valence-corrected chi connectivity index (χ1v) is 11.5. The van der Waals surface area contributed by atoms with Gasteiger partial charge in [-0.15, -0.1) is 0 Å². The summed E-state index contributed by atoms with van der Waals surface area (Å²) in [5, 5.41) is 20.2. The number of phenolic OH excluding ortho intramolecular Hbond substituents is 1. The van der Waals surface area contributed by atoms with Gasteiger partial charge in [-0.1, -0.05) is 23.2 Å². The van der Waals surface area contributed by atoms with Crippen molar-refractivity contribution in [1.82, 2.24) is 25.0 Å². The van der Waals surface area contributed by atoms with Gasteiger partial charge in [-0.25, -0.2) is 9.67 Å². The zero-order valence-corrected chi connectivity index (χ0v) is 18.4. The molecule has 0 saturated carbocycles. The number of benzene rings is 2. The predicted octanol–water partition coefficient (Wildman–Crippen LogP) is 3.64. The maximum absolute atomic E-state index is 10.9. The van der Waals surface area contributed by atoms with Crippen molar-refractivity contribution in [1.29, 1.82) is 0 Å². The predicted molar refractivity (Wildman–Crippen MR) is 120 cm³/mol. The Morgan fingerprint density at radius 1 is 1.10 bits per heavy atom. The van der Waals surface area contributed by atoms with Gasteiger partial charge < -0.3 is 10.4 Å². The lowest BCUT2D eigenvalue weighted by atomic mass is 9.88. The molecule has 0 spiro atoms. The third kappa shape index (κ3) is 3.24. The molecule has 2 aliphatic heterocycles. The molecule has 0 radical (unpaired) electrons. The van der Waals surface area contributed by atoms with E-state index in [-0.39, 0.29) is 6.04 Å². The lowest BCUT2D eigenvalue weighted by Gasteiger charge is -2.33. The first-order valence-electron chi connectivity index (χ1n) is 10.7. The fourth-order valence-electron chi connectivity index (χ4n) is 5.87. The number of hydrogen-bond donors (Lipinski definition) is 2. The van der Waals surface area contributed by atoms with E-state index in [4.69, 9.17) is 23.2 Å². The van der Waals surface area contributed by atoms with Crippen LogP contribution in [0.1, 0.15) is 22.7 Å². The highest BCUT2D eigenvalue weighted by molar-refractivity contribution is 6.35.